The summed E-state index contributed by atoms with van der Waals surface area (Å²) in [6, 6.07) is 37.6. The van der Waals surface area contributed by atoms with E-state index in [2.05, 4.69) is 11.1 Å². The molecule has 6 aromatic carbocycles. The van der Waals surface area contributed by atoms with Gasteiger partial charge in [0.05, 0.1) is 38.7 Å². The van der Waals surface area contributed by atoms with Crippen LogP contribution < -0.4 is 113 Å². The van der Waals surface area contributed by atoms with E-state index in [-0.39, 0.29) is 175 Å². The molecule has 21 nitrogen and oxygen atoms in total. The van der Waals surface area contributed by atoms with Crippen LogP contribution in [0.4, 0.5) is 0 Å². The van der Waals surface area contributed by atoms with Gasteiger partial charge in [0.25, 0.3) is 0 Å². The average Bonchev–Trinajstić information content (AvgIpc) is 4.11. The number of hydrogen-bond acceptors (Lipinski definition) is 19. The summed E-state index contributed by atoms with van der Waals surface area (Å²) in [5.41, 5.74) is 2.78. The molecule has 0 saturated carbocycles. The number of benzene rings is 6. The Kier molecular flexibility index (Phi) is 18.4. The van der Waals surface area contributed by atoms with Crippen LogP contribution in [0.2, 0.25) is 0 Å². The topological polar surface area (TPSA) is 312 Å². The fraction of sp³-hybridized carbons (Fsp3) is 0. The molecule has 2 aliphatic heterocycles. The molecule has 0 aliphatic carbocycles. The molecule has 4 aromatic heterocycles. The molecule has 1 radical (unpaired) electrons. The zero-order chi connectivity index (χ0) is 50.6. The average molecular weight is 1160 g/mol. The van der Waals surface area contributed by atoms with E-state index in [1.165, 1.54) is 24.3 Å². The molecule has 8 bridgehead atoms. The van der Waals surface area contributed by atoms with Gasteiger partial charge in [0.2, 0.25) is 0 Å². The Morgan fingerprint density at radius 1 is 0.468 bits per heavy atom. The first kappa shape index (κ1) is 58.9. The van der Waals surface area contributed by atoms with Crippen LogP contribution in [0.1, 0.15) is 0 Å². The Bertz CT molecular complexity index is 4450. The Morgan fingerprint density at radius 3 is 1.40 bits per heavy atom. The monoisotopic (exact) mass is 1160 g/mol. The van der Waals surface area contributed by atoms with Crippen molar-refractivity contribution in [2.24, 2.45) is 0 Å². The SMILES string of the molecule is O=S(=O)([O-])c1ccc(Oc2cccc3c2-c2nc-3nc3[n-]c(nc4nc(nc5[n-]c(n2)c2cccc(Oc6cc[c-]cc6)c52)-c2cnccc2-4)c2cccc(Oc4ccc(S(=O)(=O)[O-])cc4)c32)cc1.O=S(=O)=O.[Cu+2].[Na+].[Na+].[Na+]. The molecule has 369 valence electrons. The molecule has 0 fully saturated rings. The second-order valence-corrected chi connectivity index (χ2v) is 18.7. The van der Waals surface area contributed by atoms with Crippen LogP contribution in [0.15, 0.2) is 156 Å². The van der Waals surface area contributed by atoms with Crippen molar-refractivity contribution in [3.63, 3.8) is 0 Å². The molecule has 77 heavy (non-hydrogen) atoms. The van der Waals surface area contributed by atoms with E-state index in [1.807, 2.05) is 6.07 Å². The number of hydrogen-bond donors (Lipinski definition) is 0. The quantitative estimate of drug-likeness (QED) is 0.0951. The van der Waals surface area contributed by atoms with Gasteiger partial charge >= 0.3 is 116 Å². The van der Waals surface area contributed by atoms with Crippen molar-refractivity contribution < 1.29 is 159 Å². The molecular weight excluding hydrogens is 1140 g/mol. The van der Waals surface area contributed by atoms with Crippen LogP contribution in [-0.2, 0) is 47.9 Å². The van der Waals surface area contributed by atoms with Gasteiger partial charge < -0.3 is 53.2 Å². The first-order chi connectivity index (χ1) is 35.1. The van der Waals surface area contributed by atoms with Gasteiger partial charge in [-0.15, -0.1) is 24.8 Å². The molecule has 0 atom stereocenters. The molecular formula is C49H24CuN9Na3O12S3. The third-order valence-corrected chi connectivity index (χ3v) is 12.8. The third kappa shape index (κ3) is 12.3. The minimum absolute atomic E-state index is 0. The predicted octanol–water partition coefficient (Wildman–Crippen LogP) is -1.49. The van der Waals surface area contributed by atoms with Crippen LogP contribution in [0, 0.1) is 6.07 Å². The maximum atomic E-state index is 11.7. The summed E-state index contributed by atoms with van der Waals surface area (Å²) >= 11 is 0. The normalized spacial score (nSPS) is 11.2. The Hall–Kier alpha value is -5.81. The van der Waals surface area contributed by atoms with Crippen LogP contribution in [0.5, 0.6) is 34.5 Å². The van der Waals surface area contributed by atoms with Crippen LogP contribution in [0.3, 0.4) is 0 Å². The molecule has 0 saturated heterocycles. The van der Waals surface area contributed by atoms with Crippen molar-refractivity contribution in [3.8, 4) is 80.0 Å². The predicted molar refractivity (Wildman–Crippen MR) is 256 cm³/mol. The number of fused-ring (bicyclic) bond motifs is 20. The number of rotatable bonds is 8. The largest absolute Gasteiger partial charge is 2.00 e. The van der Waals surface area contributed by atoms with Crippen molar-refractivity contribution in [1.82, 2.24) is 44.9 Å². The van der Waals surface area contributed by atoms with E-state index in [1.54, 1.807) is 91.3 Å². The molecule has 6 heterocycles. The number of nitrogens with zero attached hydrogens (tertiary/aromatic N) is 9. The van der Waals surface area contributed by atoms with Gasteiger partial charge in [-0.2, -0.15) is 18.2 Å². The molecule has 12 rings (SSSR count). The molecule has 28 heteroatoms. The molecule has 0 spiro atoms. The van der Waals surface area contributed by atoms with Crippen molar-refractivity contribution in [1.29, 1.82) is 0 Å². The summed E-state index contributed by atoms with van der Waals surface area (Å²) in [5.74, 6) is 2.68. The van der Waals surface area contributed by atoms with Crippen LogP contribution >= 0.6 is 0 Å². The first-order valence-corrected chi connectivity index (χ1v) is 24.9. The Labute approximate surface area is 514 Å². The molecule has 2 aliphatic rings. The van der Waals surface area contributed by atoms with Gasteiger partial charge in [-0.1, -0.05) is 36.4 Å². The summed E-state index contributed by atoms with van der Waals surface area (Å²) in [6.45, 7) is 0. The zero-order valence-electron chi connectivity index (χ0n) is 39.8. The minimum atomic E-state index is -4.73. The molecule has 0 unspecified atom stereocenters. The maximum absolute atomic E-state index is 11.7. The van der Waals surface area contributed by atoms with Gasteiger partial charge in [0, 0.05) is 68.2 Å². The van der Waals surface area contributed by atoms with Crippen molar-refractivity contribution in [3.05, 3.63) is 152 Å². The van der Waals surface area contributed by atoms with Gasteiger partial charge in [0.1, 0.15) is 49.0 Å². The molecule has 0 amide bonds. The summed E-state index contributed by atoms with van der Waals surface area (Å²) in [7, 11) is -12.6. The molecule has 10 aromatic rings. The first-order valence-electron chi connectivity index (χ1n) is 21.1. The second-order valence-electron chi connectivity index (χ2n) is 15.5. The standard InChI is InChI=1S/C49H26N9O9S2.Cu.3Na.O3S/c59-68(60,61)29-19-15-27(16-20-29)66-37-13-4-9-32-39(37)47-53-43(32)51-42-31-23-24-50-25-35(31)46(52-42)58-49-40-33(10-5-12-36(40)65-26-7-2-1-3-8-26)45(57-49)56-48-41-34(44(54-47)55-48)11-6-14-38(41)67-28-17-21-30(22-18-28)69(62,63)64;;;;;1-4(2)3/h2-25H,(H2-2,51,52,53,54,55,56,57,58,59,60,61,62,63,64);;;;;/q-3;+2;3*+1;/p-2. The fourth-order valence-electron chi connectivity index (χ4n) is 7.98. The summed E-state index contributed by atoms with van der Waals surface area (Å²) in [4.78, 5) is 43.5. The summed E-state index contributed by atoms with van der Waals surface area (Å²) < 4.78 is 115. The van der Waals surface area contributed by atoms with Crippen LogP contribution in [-0.4, -0.2) is 73.5 Å². The van der Waals surface area contributed by atoms with Crippen molar-refractivity contribution >= 4 is 75.0 Å². The fourth-order valence-corrected chi connectivity index (χ4v) is 8.92. The Balaban J connectivity index is 0.00000104. The maximum Gasteiger partial charge on any atom is 2.00 e. The summed E-state index contributed by atoms with van der Waals surface area (Å²) in [5, 5.41) is 1.97. The van der Waals surface area contributed by atoms with Gasteiger partial charge in [-0.3, -0.25) is 4.98 Å². The van der Waals surface area contributed by atoms with E-state index in [0.29, 0.717) is 55.3 Å². The van der Waals surface area contributed by atoms with Gasteiger partial charge in [-0.25, -0.2) is 26.8 Å². The Morgan fingerprint density at radius 2 is 0.883 bits per heavy atom. The second kappa shape index (κ2) is 24.1. The number of aromatic nitrogens is 9. The van der Waals surface area contributed by atoms with E-state index >= 15 is 0 Å². The van der Waals surface area contributed by atoms with Crippen molar-refractivity contribution in [2.45, 2.75) is 9.79 Å². The van der Waals surface area contributed by atoms with E-state index in [0.717, 1.165) is 24.3 Å². The molecule has 0 N–H and O–H groups in total. The smallest absolute Gasteiger partial charge is 0.744 e. The third-order valence-electron chi connectivity index (χ3n) is 11.1. The number of ether oxygens (including phenoxy) is 3. The van der Waals surface area contributed by atoms with Gasteiger partial charge in [0.15, 0.2) is 0 Å². The van der Waals surface area contributed by atoms with E-state index in [9.17, 15) is 25.9 Å². The van der Waals surface area contributed by atoms with Crippen molar-refractivity contribution in [2.75, 3.05) is 0 Å². The zero-order valence-corrected chi connectivity index (χ0v) is 49.2. The van der Waals surface area contributed by atoms with E-state index in [4.69, 9.17) is 66.7 Å². The van der Waals surface area contributed by atoms with Gasteiger partial charge in [-0.05, 0) is 83.6 Å². The van der Waals surface area contributed by atoms with Crippen LogP contribution in [0.25, 0.3) is 89.7 Å². The minimum Gasteiger partial charge on any atom is -0.744 e. The number of pyridine rings is 1. The summed E-state index contributed by atoms with van der Waals surface area (Å²) in [6.07, 6.45) is 3.25. The van der Waals surface area contributed by atoms with E-state index < -0.39 is 40.6 Å².